The quantitative estimate of drug-likeness (QED) is 0.778. The van der Waals surface area contributed by atoms with Crippen molar-refractivity contribution >= 4 is 17.6 Å². The zero-order valence-electron chi connectivity index (χ0n) is 14.3. The SMILES string of the molecule is CC(C)Oc1ccc(C=Nc2ccc(N3CCOCC3)cc2)cc1. The van der Waals surface area contributed by atoms with E-state index in [-0.39, 0.29) is 6.10 Å². The van der Waals surface area contributed by atoms with Gasteiger partial charge in [-0.15, -0.1) is 0 Å². The molecule has 2 aromatic carbocycles. The van der Waals surface area contributed by atoms with E-state index in [2.05, 4.69) is 34.2 Å². The molecule has 3 rings (SSSR count). The Morgan fingerprint density at radius 3 is 2.29 bits per heavy atom. The molecule has 0 spiro atoms. The van der Waals surface area contributed by atoms with Gasteiger partial charge in [0.25, 0.3) is 0 Å². The summed E-state index contributed by atoms with van der Waals surface area (Å²) in [7, 11) is 0. The smallest absolute Gasteiger partial charge is 0.119 e. The van der Waals surface area contributed by atoms with Crippen LogP contribution in [0.5, 0.6) is 5.75 Å². The number of ether oxygens (including phenoxy) is 2. The highest BCUT2D eigenvalue weighted by Crippen LogP contribution is 2.21. The zero-order chi connectivity index (χ0) is 16.8. The second-order valence-corrected chi connectivity index (χ2v) is 6.11. The van der Waals surface area contributed by atoms with Gasteiger partial charge >= 0.3 is 0 Å². The van der Waals surface area contributed by atoms with Crippen LogP contribution in [0.3, 0.4) is 0 Å². The van der Waals surface area contributed by atoms with E-state index in [1.165, 1.54) is 5.69 Å². The molecule has 0 radical (unpaired) electrons. The van der Waals surface area contributed by atoms with Crippen molar-refractivity contribution in [2.24, 2.45) is 4.99 Å². The Bertz CT molecular complexity index is 657. The molecule has 126 valence electrons. The molecule has 4 nitrogen and oxygen atoms in total. The molecule has 0 atom stereocenters. The van der Waals surface area contributed by atoms with Crippen molar-refractivity contribution < 1.29 is 9.47 Å². The van der Waals surface area contributed by atoms with Crippen LogP contribution in [0, 0.1) is 0 Å². The molecule has 2 aromatic rings. The van der Waals surface area contributed by atoms with Gasteiger partial charge in [0.2, 0.25) is 0 Å². The molecule has 1 saturated heterocycles. The first-order chi connectivity index (χ1) is 11.7. The lowest BCUT2D eigenvalue weighted by Crippen LogP contribution is -2.36. The van der Waals surface area contributed by atoms with E-state index in [0.29, 0.717) is 0 Å². The number of hydrogen-bond donors (Lipinski definition) is 0. The number of nitrogens with zero attached hydrogens (tertiary/aromatic N) is 2. The first-order valence-corrected chi connectivity index (χ1v) is 8.44. The number of morpholine rings is 1. The molecule has 0 aliphatic carbocycles. The van der Waals surface area contributed by atoms with Gasteiger partial charge in [0.05, 0.1) is 25.0 Å². The molecule has 0 saturated carbocycles. The summed E-state index contributed by atoms with van der Waals surface area (Å²) < 4.78 is 11.0. The van der Waals surface area contributed by atoms with Crippen LogP contribution in [0.2, 0.25) is 0 Å². The topological polar surface area (TPSA) is 34.1 Å². The van der Waals surface area contributed by atoms with E-state index in [4.69, 9.17) is 9.47 Å². The van der Waals surface area contributed by atoms with Crippen LogP contribution < -0.4 is 9.64 Å². The van der Waals surface area contributed by atoms with Crippen LogP contribution in [0.25, 0.3) is 0 Å². The molecule has 1 heterocycles. The minimum Gasteiger partial charge on any atom is -0.491 e. The predicted octanol–water partition coefficient (Wildman–Crippen LogP) is 4.06. The molecule has 0 amide bonds. The Labute approximate surface area is 143 Å². The Hall–Kier alpha value is -2.33. The van der Waals surface area contributed by atoms with Crippen molar-refractivity contribution in [3.05, 3.63) is 54.1 Å². The van der Waals surface area contributed by atoms with E-state index < -0.39 is 0 Å². The molecule has 1 aliphatic heterocycles. The monoisotopic (exact) mass is 324 g/mol. The van der Waals surface area contributed by atoms with E-state index >= 15 is 0 Å². The third kappa shape index (κ3) is 4.59. The molecule has 1 fully saturated rings. The van der Waals surface area contributed by atoms with Gasteiger partial charge in [0.15, 0.2) is 0 Å². The van der Waals surface area contributed by atoms with E-state index in [0.717, 1.165) is 43.3 Å². The fourth-order valence-corrected chi connectivity index (χ4v) is 2.62. The highest BCUT2D eigenvalue weighted by molar-refractivity contribution is 5.82. The Kier molecular flexibility index (Phi) is 5.49. The second kappa shape index (κ2) is 7.97. The van der Waals surface area contributed by atoms with Gasteiger partial charge in [-0.25, -0.2) is 0 Å². The molecule has 1 aliphatic rings. The largest absolute Gasteiger partial charge is 0.491 e. The average Bonchev–Trinajstić information content (AvgIpc) is 2.62. The van der Waals surface area contributed by atoms with Crippen LogP contribution in [-0.4, -0.2) is 38.6 Å². The third-order valence-electron chi connectivity index (χ3n) is 3.84. The first kappa shape index (κ1) is 16.5. The van der Waals surface area contributed by atoms with Gasteiger partial charge < -0.3 is 14.4 Å². The Morgan fingerprint density at radius 1 is 1.00 bits per heavy atom. The summed E-state index contributed by atoms with van der Waals surface area (Å²) >= 11 is 0. The van der Waals surface area contributed by atoms with Crippen molar-refractivity contribution in [1.82, 2.24) is 0 Å². The molecule has 0 unspecified atom stereocenters. The fourth-order valence-electron chi connectivity index (χ4n) is 2.62. The van der Waals surface area contributed by atoms with Crippen molar-refractivity contribution in [1.29, 1.82) is 0 Å². The average molecular weight is 324 g/mol. The number of aliphatic imine (C=N–C) groups is 1. The third-order valence-corrected chi connectivity index (χ3v) is 3.84. The van der Waals surface area contributed by atoms with Gasteiger partial charge in [-0.3, -0.25) is 4.99 Å². The van der Waals surface area contributed by atoms with E-state index in [1.54, 1.807) is 0 Å². The molecule has 0 N–H and O–H groups in total. The Balaban J connectivity index is 1.61. The van der Waals surface area contributed by atoms with Crippen LogP contribution in [0.1, 0.15) is 19.4 Å². The summed E-state index contributed by atoms with van der Waals surface area (Å²) in [4.78, 5) is 6.88. The fraction of sp³-hybridized carbons (Fsp3) is 0.350. The predicted molar refractivity (Wildman–Crippen MR) is 98.9 cm³/mol. The molecule has 0 aromatic heterocycles. The van der Waals surface area contributed by atoms with Crippen LogP contribution >= 0.6 is 0 Å². The van der Waals surface area contributed by atoms with Crippen LogP contribution in [-0.2, 0) is 4.74 Å². The highest BCUT2D eigenvalue weighted by Gasteiger charge is 2.10. The zero-order valence-corrected chi connectivity index (χ0v) is 14.3. The number of benzene rings is 2. The van der Waals surface area contributed by atoms with Crippen molar-refractivity contribution in [3.8, 4) is 5.75 Å². The summed E-state index contributed by atoms with van der Waals surface area (Å²) in [6.45, 7) is 7.56. The summed E-state index contributed by atoms with van der Waals surface area (Å²) in [5.74, 6) is 0.886. The maximum Gasteiger partial charge on any atom is 0.119 e. The minimum atomic E-state index is 0.189. The minimum absolute atomic E-state index is 0.189. The van der Waals surface area contributed by atoms with Gasteiger partial charge in [-0.05, 0) is 67.9 Å². The highest BCUT2D eigenvalue weighted by atomic mass is 16.5. The Morgan fingerprint density at radius 2 is 1.67 bits per heavy atom. The molecule has 0 bridgehead atoms. The molecule has 24 heavy (non-hydrogen) atoms. The van der Waals surface area contributed by atoms with Crippen molar-refractivity contribution in [2.45, 2.75) is 20.0 Å². The lowest BCUT2D eigenvalue weighted by Gasteiger charge is -2.28. The number of rotatable bonds is 5. The molecular formula is C20H24N2O2. The standard InChI is InChI=1S/C20H24N2O2/c1-16(2)24-20-9-3-17(4-10-20)15-21-18-5-7-19(8-6-18)22-11-13-23-14-12-22/h3-10,15-16H,11-14H2,1-2H3. The van der Waals surface area contributed by atoms with Gasteiger partial charge in [0, 0.05) is 25.0 Å². The lowest BCUT2D eigenvalue weighted by molar-refractivity contribution is 0.122. The lowest BCUT2D eigenvalue weighted by atomic mass is 10.2. The second-order valence-electron chi connectivity index (χ2n) is 6.11. The first-order valence-electron chi connectivity index (χ1n) is 8.44. The number of hydrogen-bond acceptors (Lipinski definition) is 4. The van der Waals surface area contributed by atoms with Crippen molar-refractivity contribution in [2.75, 3.05) is 31.2 Å². The number of anilines is 1. The summed E-state index contributed by atoms with van der Waals surface area (Å²) in [6, 6.07) is 16.3. The van der Waals surface area contributed by atoms with Crippen LogP contribution in [0.15, 0.2) is 53.5 Å². The van der Waals surface area contributed by atoms with Crippen LogP contribution in [0.4, 0.5) is 11.4 Å². The molecular weight excluding hydrogens is 300 g/mol. The maximum absolute atomic E-state index is 5.64. The molecule has 4 heteroatoms. The van der Waals surface area contributed by atoms with E-state index in [9.17, 15) is 0 Å². The van der Waals surface area contributed by atoms with Gasteiger partial charge in [0.1, 0.15) is 5.75 Å². The summed E-state index contributed by atoms with van der Waals surface area (Å²) in [5.41, 5.74) is 3.24. The summed E-state index contributed by atoms with van der Waals surface area (Å²) in [5, 5.41) is 0. The van der Waals surface area contributed by atoms with Gasteiger partial charge in [-0.2, -0.15) is 0 Å². The van der Waals surface area contributed by atoms with Crippen molar-refractivity contribution in [3.63, 3.8) is 0 Å². The maximum atomic E-state index is 5.64. The van der Waals surface area contributed by atoms with E-state index in [1.807, 2.05) is 44.3 Å². The normalized spacial score (nSPS) is 15.2. The summed E-state index contributed by atoms with van der Waals surface area (Å²) in [6.07, 6.45) is 2.07. The van der Waals surface area contributed by atoms with Gasteiger partial charge in [-0.1, -0.05) is 0 Å².